The molecule has 2 rings (SSSR count). The van der Waals surface area contributed by atoms with Crippen LogP contribution in [0.2, 0.25) is 0 Å². The molecule has 0 heterocycles. The minimum atomic E-state index is -0.328. The molecule has 0 aromatic heterocycles. The van der Waals surface area contributed by atoms with Crippen LogP contribution in [-0.2, 0) is 27.8 Å². The van der Waals surface area contributed by atoms with Crippen molar-refractivity contribution in [2.24, 2.45) is 0 Å². The summed E-state index contributed by atoms with van der Waals surface area (Å²) in [4.78, 5) is 24.1. The molecule has 2 aromatic carbocycles. The Hall–Kier alpha value is -3.14. The van der Waals surface area contributed by atoms with E-state index in [-0.39, 0.29) is 17.4 Å². The van der Waals surface area contributed by atoms with Crippen LogP contribution in [0.1, 0.15) is 89.5 Å². The van der Waals surface area contributed by atoms with Gasteiger partial charge in [0.15, 0.2) is 0 Å². The predicted octanol–water partition coefficient (Wildman–Crippen LogP) is 7.66. The molecule has 0 unspecified atom stereocenters. The lowest BCUT2D eigenvalue weighted by Gasteiger charge is -2.31. The zero-order valence-corrected chi connectivity index (χ0v) is 22.1. The Labute approximate surface area is 211 Å². The number of ether oxygens (including phenoxy) is 2. The highest BCUT2D eigenvalue weighted by atomic mass is 16.5. The van der Waals surface area contributed by atoms with Crippen LogP contribution < -0.4 is 9.47 Å². The second kappa shape index (κ2) is 13.7. The van der Waals surface area contributed by atoms with E-state index in [0.29, 0.717) is 24.3 Å². The summed E-state index contributed by atoms with van der Waals surface area (Å²) in [6.45, 7) is 12.4. The molecule has 0 bridgehead atoms. The third-order valence-electron chi connectivity index (χ3n) is 6.02. The fourth-order valence-electron chi connectivity index (χ4n) is 4.23. The summed E-state index contributed by atoms with van der Waals surface area (Å²) in [6.07, 6.45) is 12.1. The van der Waals surface area contributed by atoms with Gasteiger partial charge in [0.25, 0.3) is 0 Å². The molecule has 0 N–H and O–H groups in total. The van der Waals surface area contributed by atoms with Crippen LogP contribution in [0, 0.1) is 0 Å². The van der Waals surface area contributed by atoms with E-state index in [1.165, 1.54) is 11.1 Å². The second-order valence-electron chi connectivity index (χ2n) is 9.26. The SMILES string of the molecule is CC=CCc1cc(OC(=O)CCC)ccc1C(C)(C)c1ccc(OC(=O)CCC)cc1CC=CC. The summed E-state index contributed by atoms with van der Waals surface area (Å²) in [5, 5.41) is 0. The Morgan fingerprint density at radius 3 is 1.49 bits per heavy atom. The van der Waals surface area contributed by atoms with Crippen molar-refractivity contribution in [1.82, 2.24) is 0 Å². The zero-order valence-electron chi connectivity index (χ0n) is 22.1. The van der Waals surface area contributed by atoms with Gasteiger partial charge in [0.05, 0.1) is 0 Å². The summed E-state index contributed by atoms with van der Waals surface area (Å²) >= 11 is 0. The summed E-state index contributed by atoms with van der Waals surface area (Å²) in [7, 11) is 0. The largest absolute Gasteiger partial charge is 0.427 e. The van der Waals surface area contributed by atoms with E-state index in [2.05, 4.69) is 38.1 Å². The lowest BCUT2D eigenvalue weighted by Crippen LogP contribution is -2.23. The molecule has 0 aliphatic carbocycles. The van der Waals surface area contributed by atoms with E-state index in [1.807, 2.05) is 64.1 Å². The molecule has 0 aliphatic rings. The lowest BCUT2D eigenvalue weighted by molar-refractivity contribution is -0.135. The van der Waals surface area contributed by atoms with E-state index >= 15 is 0 Å². The Balaban J connectivity index is 2.53. The number of allylic oxidation sites excluding steroid dienone is 4. The normalized spacial score (nSPS) is 11.8. The third-order valence-corrected chi connectivity index (χ3v) is 6.02. The molecule has 0 fully saturated rings. The maximum atomic E-state index is 12.1. The molecule has 0 aliphatic heterocycles. The highest BCUT2D eigenvalue weighted by molar-refractivity contribution is 5.73. The first-order chi connectivity index (χ1) is 16.8. The number of hydrogen-bond acceptors (Lipinski definition) is 4. The first-order valence-corrected chi connectivity index (χ1v) is 12.7. The fraction of sp³-hybridized carbons (Fsp3) is 0.419. The van der Waals surface area contributed by atoms with Crippen LogP contribution in [0.5, 0.6) is 11.5 Å². The molecule has 0 amide bonds. The van der Waals surface area contributed by atoms with Gasteiger partial charge >= 0.3 is 11.9 Å². The highest BCUT2D eigenvalue weighted by Gasteiger charge is 2.28. The summed E-state index contributed by atoms with van der Waals surface area (Å²) in [5.74, 6) is 0.737. The van der Waals surface area contributed by atoms with Gasteiger partial charge in [-0.05, 0) is 86.1 Å². The monoisotopic (exact) mass is 476 g/mol. The number of rotatable bonds is 12. The number of benzene rings is 2. The van der Waals surface area contributed by atoms with Gasteiger partial charge in [-0.3, -0.25) is 9.59 Å². The van der Waals surface area contributed by atoms with E-state index in [0.717, 1.165) is 36.8 Å². The molecule has 0 spiro atoms. The minimum Gasteiger partial charge on any atom is -0.427 e. The summed E-state index contributed by atoms with van der Waals surface area (Å²) in [6, 6.07) is 11.9. The molecule has 2 aromatic rings. The zero-order chi connectivity index (χ0) is 25.8. The molecule has 4 heteroatoms. The Kier molecular flexibility index (Phi) is 11.0. The lowest BCUT2D eigenvalue weighted by atomic mass is 9.73. The Morgan fingerprint density at radius 2 is 1.14 bits per heavy atom. The first-order valence-electron chi connectivity index (χ1n) is 12.7. The number of carbonyl (C=O) groups excluding carboxylic acids is 2. The van der Waals surface area contributed by atoms with Gasteiger partial charge in [-0.2, -0.15) is 0 Å². The first kappa shape index (κ1) is 28.1. The topological polar surface area (TPSA) is 52.6 Å². The van der Waals surface area contributed by atoms with E-state index in [9.17, 15) is 9.59 Å². The van der Waals surface area contributed by atoms with Crippen molar-refractivity contribution in [2.45, 2.75) is 85.5 Å². The highest BCUT2D eigenvalue weighted by Crippen LogP contribution is 2.39. The van der Waals surface area contributed by atoms with Gasteiger partial charge in [-0.1, -0.05) is 64.1 Å². The smallest absolute Gasteiger partial charge is 0.311 e. The van der Waals surface area contributed by atoms with Gasteiger partial charge < -0.3 is 9.47 Å². The molecule has 0 saturated heterocycles. The average molecular weight is 477 g/mol. The standard InChI is InChI=1S/C31H40O4/c1-7-11-15-23-21-25(34-29(32)13-9-3)17-19-27(23)31(5,6)28-20-18-26(35-30(33)14-10-4)22-24(28)16-12-8-2/h7-8,11-12,17-22H,9-10,13-16H2,1-6H3. The van der Waals surface area contributed by atoms with Gasteiger partial charge in [0.2, 0.25) is 0 Å². The van der Waals surface area contributed by atoms with Crippen LogP contribution in [0.25, 0.3) is 0 Å². The number of esters is 2. The fourth-order valence-corrected chi connectivity index (χ4v) is 4.23. The minimum absolute atomic E-state index is 0.210. The number of carbonyl (C=O) groups is 2. The molecule has 0 saturated carbocycles. The van der Waals surface area contributed by atoms with Gasteiger partial charge in [-0.25, -0.2) is 0 Å². The van der Waals surface area contributed by atoms with Gasteiger partial charge in [-0.15, -0.1) is 0 Å². The van der Waals surface area contributed by atoms with Crippen molar-refractivity contribution in [3.05, 3.63) is 83.0 Å². The van der Waals surface area contributed by atoms with Crippen molar-refractivity contribution in [1.29, 1.82) is 0 Å². The summed E-state index contributed by atoms with van der Waals surface area (Å²) < 4.78 is 11.2. The van der Waals surface area contributed by atoms with Crippen LogP contribution in [-0.4, -0.2) is 11.9 Å². The molecule has 188 valence electrons. The maximum absolute atomic E-state index is 12.1. The van der Waals surface area contributed by atoms with E-state index in [4.69, 9.17) is 9.47 Å². The van der Waals surface area contributed by atoms with Crippen LogP contribution >= 0.6 is 0 Å². The Morgan fingerprint density at radius 1 is 0.743 bits per heavy atom. The second-order valence-corrected chi connectivity index (χ2v) is 9.26. The van der Waals surface area contributed by atoms with E-state index in [1.54, 1.807) is 0 Å². The van der Waals surface area contributed by atoms with Crippen LogP contribution in [0.3, 0.4) is 0 Å². The van der Waals surface area contributed by atoms with Crippen molar-refractivity contribution in [3.63, 3.8) is 0 Å². The maximum Gasteiger partial charge on any atom is 0.311 e. The summed E-state index contributed by atoms with van der Waals surface area (Å²) in [5.41, 5.74) is 4.24. The Bertz CT molecular complexity index is 976. The third kappa shape index (κ3) is 7.95. The van der Waals surface area contributed by atoms with Crippen LogP contribution in [0.15, 0.2) is 60.7 Å². The average Bonchev–Trinajstić information content (AvgIpc) is 2.81. The van der Waals surface area contributed by atoms with Crippen molar-refractivity contribution in [3.8, 4) is 11.5 Å². The number of hydrogen-bond donors (Lipinski definition) is 0. The predicted molar refractivity (Wildman–Crippen MR) is 143 cm³/mol. The van der Waals surface area contributed by atoms with Gasteiger partial charge in [0.1, 0.15) is 11.5 Å². The molecule has 35 heavy (non-hydrogen) atoms. The van der Waals surface area contributed by atoms with Crippen LogP contribution in [0.4, 0.5) is 0 Å². The molecule has 4 nitrogen and oxygen atoms in total. The van der Waals surface area contributed by atoms with Crippen molar-refractivity contribution >= 4 is 11.9 Å². The molecular formula is C31H40O4. The van der Waals surface area contributed by atoms with Crippen molar-refractivity contribution < 1.29 is 19.1 Å². The molecular weight excluding hydrogens is 436 g/mol. The van der Waals surface area contributed by atoms with Crippen molar-refractivity contribution in [2.75, 3.05) is 0 Å². The molecule has 0 radical (unpaired) electrons. The van der Waals surface area contributed by atoms with E-state index < -0.39 is 0 Å². The molecule has 0 atom stereocenters. The van der Waals surface area contributed by atoms with Gasteiger partial charge in [0, 0.05) is 18.3 Å². The quantitative estimate of drug-likeness (QED) is 0.179.